The van der Waals surface area contributed by atoms with Crippen molar-refractivity contribution in [1.29, 1.82) is 0 Å². The predicted molar refractivity (Wildman–Crippen MR) is 88.5 cm³/mol. The standard InChI is InChI=1S/C16H24Cl2N2O/c1-2-21-16(11-6-4-3-5-7-11)15(20-19)13-10-12(17)8-9-14(13)18/h8-11,15-16,20H,2-7,19H2,1H3. The molecule has 3 N–H and O–H groups in total. The van der Waals surface area contributed by atoms with Crippen molar-refractivity contribution in [3.05, 3.63) is 33.8 Å². The van der Waals surface area contributed by atoms with Crippen LogP contribution in [0, 0.1) is 5.92 Å². The molecule has 21 heavy (non-hydrogen) atoms. The zero-order chi connectivity index (χ0) is 15.2. The molecule has 0 saturated heterocycles. The van der Waals surface area contributed by atoms with Crippen LogP contribution in [-0.2, 0) is 4.74 Å². The van der Waals surface area contributed by atoms with E-state index in [4.69, 9.17) is 33.8 Å². The first-order valence-corrected chi connectivity index (χ1v) is 8.45. The topological polar surface area (TPSA) is 47.3 Å². The van der Waals surface area contributed by atoms with Gasteiger partial charge < -0.3 is 4.74 Å². The van der Waals surface area contributed by atoms with Gasteiger partial charge in [0, 0.05) is 16.7 Å². The molecule has 1 aromatic carbocycles. The molecule has 118 valence electrons. The van der Waals surface area contributed by atoms with E-state index in [1.165, 1.54) is 32.1 Å². The van der Waals surface area contributed by atoms with Crippen molar-refractivity contribution in [2.24, 2.45) is 11.8 Å². The molecule has 1 aliphatic carbocycles. The van der Waals surface area contributed by atoms with Crippen molar-refractivity contribution in [3.63, 3.8) is 0 Å². The minimum Gasteiger partial charge on any atom is -0.376 e. The summed E-state index contributed by atoms with van der Waals surface area (Å²) in [5.41, 5.74) is 3.81. The molecule has 0 spiro atoms. The van der Waals surface area contributed by atoms with Crippen LogP contribution in [-0.4, -0.2) is 12.7 Å². The van der Waals surface area contributed by atoms with Gasteiger partial charge in [-0.2, -0.15) is 0 Å². The van der Waals surface area contributed by atoms with Crippen molar-refractivity contribution in [1.82, 2.24) is 5.43 Å². The molecule has 0 heterocycles. The molecule has 1 aliphatic rings. The van der Waals surface area contributed by atoms with Crippen LogP contribution in [0.4, 0.5) is 0 Å². The number of hydrogen-bond donors (Lipinski definition) is 2. The molecule has 0 aromatic heterocycles. The summed E-state index contributed by atoms with van der Waals surface area (Å²) < 4.78 is 6.04. The van der Waals surface area contributed by atoms with E-state index in [2.05, 4.69) is 5.43 Å². The molecule has 2 atom stereocenters. The summed E-state index contributed by atoms with van der Waals surface area (Å²) in [6.45, 7) is 2.68. The maximum Gasteiger partial charge on any atom is 0.0811 e. The highest BCUT2D eigenvalue weighted by molar-refractivity contribution is 6.33. The third-order valence-electron chi connectivity index (χ3n) is 4.27. The number of nitrogens with one attached hydrogen (secondary N) is 1. The Morgan fingerprint density at radius 1 is 1.29 bits per heavy atom. The second kappa shape index (κ2) is 8.35. The Bertz CT molecular complexity index is 450. The Balaban J connectivity index is 2.27. The van der Waals surface area contributed by atoms with Crippen LogP contribution in [0.3, 0.4) is 0 Å². The lowest BCUT2D eigenvalue weighted by Crippen LogP contribution is -2.42. The summed E-state index contributed by atoms with van der Waals surface area (Å²) >= 11 is 12.5. The van der Waals surface area contributed by atoms with E-state index >= 15 is 0 Å². The van der Waals surface area contributed by atoms with Crippen LogP contribution in [0.15, 0.2) is 18.2 Å². The molecule has 1 fully saturated rings. The third kappa shape index (κ3) is 4.33. The zero-order valence-electron chi connectivity index (χ0n) is 12.4. The van der Waals surface area contributed by atoms with Crippen molar-refractivity contribution in [3.8, 4) is 0 Å². The van der Waals surface area contributed by atoms with Crippen molar-refractivity contribution < 1.29 is 4.74 Å². The average molecular weight is 331 g/mol. The van der Waals surface area contributed by atoms with Crippen LogP contribution < -0.4 is 11.3 Å². The van der Waals surface area contributed by atoms with Crippen molar-refractivity contribution in [2.45, 2.75) is 51.2 Å². The predicted octanol–water partition coefficient (Wildman–Crippen LogP) is 4.48. The second-order valence-electron chi connectivity index (χ2n) is 5.63. The lowest BCUT2D eigenvalue weighted by molar-refractivity contribution is -0.0183. The van der Waals surface area contributed by atoms with Crippen LogP contribution >= 0.6 is 23.2 Å². The SMILES string of the molecule is CCOC(C1CCCCC1)C(NN)c1cc(Cl)ccc1Cl. The summed E-state index contributed by atoms with van der Waals surface area (Å²) in [5, 5.41) is 1.33. The van der Waals surface area contributed by atoms with Gasteiger partial charge in [-0.25, -0.2) is 0 Å². The van der Waals surface area contributed by atoms with E-state index in [-0.39, 0.29) is 12.1 Å². The maximum absolute atomic E-state index is 6.34. The van der Waals surface area contributed by atoms with E-state index < -0.39 is 0 Å². The lowest BCUT2D eigenvalue weighted by atomic mass is 9.81. The molecule has 5 heteroatoms. The van der Waals surface area contributed by atoms with Crippen LogP contribution in [0.2, 0.25) is 10.0 Å². The van der Waals surface area contributed by atoms with Gasteiger partial charge in [-0.15, -0.1) is 0 Å². The fraction of sp³-hybridized carbons (Fsp3) is 0.625. The summed E-state index contributed by atoms with van der Waals surface area (Å²) in [5.74, 6) is 6.34. The monoisotopic (exact) mass is 330 g/mol. The number of halogens is 2. The first kappa shape index (κ1) is 17.0. The molecule has 0 aliphatic heterocycles. The fourth-order valence-electron chi connectivity index (χ4n) is 3.27. The highest BCUT2D eigenvalue weighted by Gasteiger charge is 2.32. The number of rotatable bonds is 6. The Morgan fingerprint density at radius 2 is 2.00 bits per heavy atom. The van der Waals surface area contributed by atoms with Gasteiger partial charge in [0.05, 0.1) is 12.1 Å². The highest BCUT2D eigenvalue weighted by Crippen LogP contribution is 2.37. The molecule has 0 radical (unpaired) electrons. The molecule has 3 nitrogen and oxygen atoms in total. The third-order valence-corrected chi connectivity index (χ3v) is 4.85. The van der Waals surface area contributed by atoms with E-state index in [0.29, 0.717) is 22.6 Å². The number of nitrogens with two attached hydrogens (primary N) is 1. The lowest BCUT2D eigenvalue weighted by Gasteiger charge is -2.35. The van der Waals surface area contributed by atoms with E-state index in [9.17, 15) is 0 Å². The Labute approximate surface area is 137 Å². The highest BCUT2D eigenvalue weighted by atomic mass is 35.5. The van der Waals surface area contributed by atoms with E-state index in [1.807, 2.05) is 19.1 Å². The normalized spacial score (nSPS) is 19.4. The zero-order valence-corrected chi connectivity index (χ0v) is 14.0. The summed E-state index contributed by atoms with van der Waals surface area (Å²) in [6.07, 6.45) is 6.22. The summed E-state index contributed by atoms with van der Waals surface area (Å²) in [7, 11) is 0. The van der Waals surface area contributed by atoms with Gasteiger partial charge in [0.25, 0.3) is 0 Å². The van der Waals surface area contributed by atoms with Crippen LogP contribution in [0.1, 0.15) is 50.6 Å². The van der Waals surface area contributed by atoms with Gasteiger partial charge in [-0.05, 0) is 49.4 Å². The first-order valence-electron chi connectivity index (χ1n) is 7.70. The minimum atomic E-state index is -0.140. The van der Waals surface area contributed by atoms with Crippen molar-refractivity contribution in [2.75, 3.05) is 6.61 Å². The number of hydrazine groups is 1. The molecule has 0 amide bonds. The van der Waals surface area contributed by atoms with Crippen molar-refractivity contribution >= 4 is 23.2 Å². The molecule has 0 bridgehead atoms. The summed E-state index contributed by atoms with van der Waals surface area (Å²) in [6, 6.07) is 5.34. The Morgan fingerprint density at radius 3 is 2.62 bits per heavy atom. The largest absolute Gasteiger partial charge is 0.376 e. The first-order chi connectivity index (χ1) is 10.2. The maximum atomic E-state index is 6.34. The minimum absolute atomic E-state index is 0.0243. The van der Waals surface area contributed by atoms with E-state index in [1.54, 1.807) is 6.07 Å². The number of hydrogen-bond acceptors (Lipinski definition) is 3. The van der Waals surface area contributed by atoms with Gasteiger partial charge in [0.1, 0.15) is 0 Å². The quantitative estimate of drug-likeness (QED) is 0.597. The van der Waals surface area contributed by atoms with Crippen LogP contribution in [0.25, 0.3) is 0 Å². The van der Waals surface area contributed by atoms with Crippen LogP contribution in [0.5, 0.6) is 0 Å². The number of benzene rings is 1. The van der Waals surface area contributed by atoms with Gasteiger partial charge in [0.2, 0.25) is 0 Å². The second-order valence-corrected chi connectivity index (χ2v) is 6.47. The molecular formula is C16H24Cl2N2O. The Hall–Kier alpha value is -0.320. The smallest absolute Gasteiger partial charge is 0.0811 e. The average Bonchev–Trinajstić information content (AvgIpc) is 2.51. The van der Waals surface area contributed by atoms with Gasteiger partial charge in [-0.3, -0.25) is 11.3 Å². The fourth-order valence-corrected chi connectivity index (χ4v) is 3.69. The molecule has 2 rings (SSSR count). The molecule has 1 aromatic rings. The van der Waals surface area contributed by atoms with Gasteiger partial charge in [-0.1, -0.05) is 42.5 Å². The summed E-state index contributed by atoms with van der Waals surface area (Å²) in [4.78, 5) is 0. The van der Waals surface area contributed by atoms with E-state index in [0.717, 1.165) is 5.56 Å². The van der Waals surface area contributed by atoms with Gasteiger partial charge in [0.15, 0.2) is 0 Å². The molecular weight excluding hydrogens is 307 g/mol. The molecule has 1 saturated carbocycles. The Kier molecular flexibility index (Phi) is 6.77. The van der Waals surface area contributed by atoms with Gasteiger partial charge >= 0.3 is 0 Å². The number of ether oxygens (including phenoxy) is 1. The molecule has 2 unspecified atom stereocenters.